The molecule has 0 aromatic carbocycles. The van der Waals surface area contributed by atoms with Crippen LogP contribution in [-0.2, 0) is 9.59 Å². The summed E-state index contributed by atoms with van der Waals surface area (Å²) in [4.78, 5) is 37.8. The Balaban J connectivity index is 4.63. The first-order valence-electron chi connectivity index (χ1n) is 5.18. The first-order chi connectivity index (χ1) is 10.2. The van der Waals surface area contributed by atoms with Gasteiger partial charge >= 0.3 is 23.9 Å². The number of rotatable bonds is 6. The Morgan fingerprint density at radius 2 is 1.35 bits per heavy atom. The monoisotopic (exact) mass is 356 g/mol. The van der Waals surface area contributed by atoms with Crippen molar-refractivity contribution in [2.24, 2.45) is 0 Å². The smallest absolute Gasteiger partial charge is 0.273 e. The van der Waals surface area contributed by atoms with Gasteiger partial charge < -0.3 is 0 Å². The minimum atomic E-state index is -6.26. The number of hydrogen-bond acceptors (Lipinski definition) is 6. The molecular weight excluding hydrogens is 350 g/mol. The second kappa shape index (κ2) is 6.61. The van der Waals surface area contributed by atoms with E-state index in [1.165, 1.54) is 0 Å². The summed E-state index contributed by atoms with van der Waals surface area (Å²) in [5.41, 5.74) is 1.63. The molecule has 2 amide bonds. The number of nitro groups is 2. The van der Waals surface area contributed by atoms with E-state index in [1.54, 1.807) is 0 Å². The number of amides is 2. The summed E-state index contributed by atoms with van der Waals surface area (Å²) in [6.45, 7) is 0. The van der Waals surface area contributed by atoms with Crippen LogP contribution >= 0.6 is 0 Å². The van der Waals surface area contributed by atoms with Crippen LogP contribution in [0.3, 0.4) is 0 Å². The summed E-state index contributed by atoms with van der Waals surface area (Å²) in [6.07, 6.45) is -9.28. The fourth-order valence-corrected chi connectivity index (χ4v) is 0.918. The maximum Gasteiger partial charge on any atom is 0.614 e. The van der Waals surface area contributed by atoms with E-state index in [0.717, 1.165) is 5.43 Å². The van der Waals surface area contributed by atoms with Crippen LogP contribution in [0.15, 0.2) is 0 Å². The molecule has 23 heavy (non-hydrogen) atoms. The quantitative estimate of drug-likeness (QED) is 0.230. The molecule has 16 heteroatoms. The summed E-state index contributed by atoms with van der Waals surface area (Å²) >= 11 is 0. The molecule has 0 unspecified atom stereocenters. The third-order valence-electron chi connectivity index (χ3n) is 2.19. The van der Waals surface area contributed by atoms with Gasteiger partial charge in [-0.1, -0.05) is 4.39 Å². The van der Waals surface area contributed by atoms with Crippen LogP contribution in [0.1, 0.15) is 12.8 Å². The van der Waals surface area contributed by atoms with Crippen molar-refractivity contribution in [3.8, 4) is 0 Å². The lowest BCUT2D eigenvalue weighted by Crippen LogP contribution is -2.55. The van der Waals surface area contributed by atoms with Crippen LogP contribution in [0.5, 0.6) is 0 Å². The first kappa shape index (κ1) is 20.3. The van der Waals surface area contributed by atoms with E-state index in [4.69, 9.17) is 0 Å². The largest absolute Gasteiger partial charge is 0.614 e. The lowest BCUT2D eigenvalue weighted by molar-refractivity contribution is -0.832. The lowest BCUT2D eigenvalue weighted by atomic mass is 10.2. The van der Waals surface area contributed by atoms with Crippen molar-refractivity contribution in [1.29, 1.82) is 0 Å². The Bertz CT molecular complexity index is 508. The summed E-state index contributed by atoms with van der Waals surface area (Å²) < 4.78 is 73.4. The van der Waals surface area contributed by atoms with Crippen molar-refractivity contribution in [1.82, 2.24) is 10.9 Å². The highest BCUT2D eigenvalue weighted by atomic mass is 19.4. The van der Waals surface area contributed by atoms with Gasteiger partial charge in [0.15, 0.2) is 0 Å². The van der Waals surface area contributed by atoms with Gasteiger partial charge in [0.1, 0.15) is 16.3 Å². The van der Waals surface area contributed by atoms with Crippen molar-refractivity contribution in [2.45, 2.75) is 30.9 Å². The number of hydrazine groups is 1. The molecule has 0 bridgehead atoms. The number of hydrogen-bond donors (Lipinski definition) is 2. The van der Waals surface area contributed by atoms with E-state index in [0.29, 0.717) is 5.43 Å². The van der Waals surface area contributed by atoms with E-state index in [-0.39, 0.29) is 0 Å². The number of halogens is 6. The molecule has 0 aromatic rings. The minimum Gasteiger partial charge on any atom is -0.273 e. The molecule has 0 aliphatic heterocycles. The number of nitrogens with one attached hydrogen (secondary N) is 2. The molecule has 132 valence electrons. The Hall–Kier alpha value is -2.68. The normalized spacial score (nSPS) is 12.4. The van der Waals surface area contributed by atoms with E-state index >= 15 is 0 Å². The molecule has 10 nitrogen and oxygen atoms in total. The molecule has 0 saturated heterocycles. The molecule has 0 radical (unpaired) electrons. The standard InChI is InChI=1S/C7H6F6N4O6/c8-5(16(20)21,17(22)23)2-1-3(18)14-15-4(19)6(9,10)7(11,12)13/h1-2H2,(H,14,18)(H,15,19). The van der Waals surface area contributed by atoms with E-state index in [1.807, 2.05) is 0 Å². The van der Waals surface area contributed by atoms with Gasteiger partial charge in [0.25, 0.3) is 0 Å². The molecule has 0 saturated carbocycles. The summed E-state index contributed by atoms with van der Waals surface area (Å²) in [6, 6.07) is 0. The average molecular weight is 356 g/mol. The molecule has 0 aromatic heterocycles. The van der Waals surface area contributed by atoms with Gasteiger partial charge in [-0.2, -0.15) is 22.0 Å². The summed E-state index contributed by atoms with van der Waals surface area (Å²) in [5.74, 6) is -14.8. The molecular formula is C7H6F6N4O6. The second-order valence-corrected chi connectivity index (χ2v) is 3.81. The van der Waals surface area contributed by atoms with Crippen LogP contribution < -0.4 is 10.9 Å². The molecule has 0 fully saturated rings. The zero-order valence-electron chi connectivity index (χ0n) is 10.5. The maximum absolute atomic E-state index is 13.2. The average Bonchev–Trinajstić information content (AvgIpc) is 2.39. The van der Waals surface area contributed by atoms with Crippen LogP contribution in [0, 0.1) is 20.2 Å². The summed E-state index contributed by atoms with van der Waals surface area (Å²) in [7, 11) is 0. The Kier molecular flexibility index (Phi) is 5.84. The van der Waals surface area contributed by atoms with E-state index in [9.17, 15) is 56.2 Å². The van der Waals surface area contributed by atoms with Crippen molar-refractivity contribution >= 4 is 11.8 Å². The van der Waals surface area contributed by atoms with Crippen LogP contribution in [0.2, 0.25) is 0 Å². The second-order valence-electron chi connectivity index (χ2n) is 3.81. The van der Waals surface area contributed by atoms with E-state index < -0.39 is 52.5 Å². The number of alkyl halides is 6. The van der Waals surface area contributed by atoms with Crippen molar-refractivity contribution in [2.75, 3.05) is 0 Å². The van der Waals surface area contributed by atoms with E-state index in [2.05, 4.69) is 0 Å². The molecule has 0 rings (SSSR count). The Morgan fingerprint density at radius 1 is 0.913 bits per heavy atom. The highest BCUT2D eigenvalue weighted by Crippen LogP contribution is 2.35. The summed E-state index contributed by atoms with van der Waals surface area (Å²) in [5, 5.41) is 20.3. The van der Waals surface area contributed by atoms with Crippen molar-refractivity contribution in [3.05, 3.63) is 20.2 Å². The third-order valence-corrected chi connectivity index (χ3v) is 2.19. The van der Waals surface area contributed by atoms with Crippen molar-refractivity contribution in [3.63, 3.8) is 0 Å². The predicted octanol–water partition coefficient (Wildman–Crippen LogP) is 0.288. The van der Waals surface area contributed by atoms with Gasteiger partial charge in [-0.3, -0.25) is 40.7 Å². The van der Waals surface area contributed by atoms with Gasteiger partial charge in [-0.25, -0.2) is 0 Å². The first-order valence-corrected chi connectivity index (χ1v) is 5.18. The molecule has 2 N–H and O–H groups in total. The molecule has 0 aliphatic carbocycles. The number of carbonyl (C=O) groups is 2. The van der Waals surface area contributed by atoms with Gasteiger partial charge in [0, 0.05) is 6.42 Å². The SMILES string of the molecule is O=C(CCC(F)([N+](=O)[O-])[N+](=O)[O-])NNC(=O)C(F)(F)C(F)(F)F. The maximum atomic E-state index is 13.2. The van der Waals surface area contributed by atoms with Crippen LogP contribution in [-0.4, -0.2) is 39.7 Å². The van der Waals surface area contributed by atoms with Gasteiger partial charge in [0.2, 0.25) is 5.91 Å². The fraction of sp³-hybridized carbons (Fsp3) is 0.714. The van der Waals surface area contributed by atoms with Crippen LogP contribution in [0.4, 0.5) is 26.3 Å². The van der Waals surface area contributed by atoms with Gasteiger partial charge in [-0.05, 0) is 0 Å². The van der Waals surface area contributed by atoms with Gasteiger partial charge in [0.05, 0.1) is 0 Å². The molecule has 0 aliphatic rings. The topological polar surface area (TPSA) is 144 Å². The Labute approximate surface area is 121 Å². The number of nitrogens with zero attached hydrogens (tertiary/aromatic N) is 2. The highest BCUT2D eigenvalue weighted by molar-refractivity contribution is 5.87. The van der Waals surface area contributed by atoms with Crippen LogP contribution in [0.25, 0.3) is 0 Å². The molecule has 0 atom stereocenters. The predicted molar refractivity (Wildman–Crippen MR) is 54.3 cm³/mol. The fourth-order valence-electron chi connectivity index (χ4n) is 0.918. The van der Waals surface area contributed by atoms with Crippen molar-refractivity contribution < 1.29 is 45.8 Å². The zero-order valence-corrected chi connectivity index (χ0v) is 10.5. The number of carbonyl (C=O) groups excluding carboxylic acids is 2. The Morgan fingerprint density at radius 3 is 1.70 bits per heavy atom. The minimum absolute atomic E-state index is 0.653. The highest BCUT2D eigenvalue weighted by Gasteiger charge is 2.63. The third kappa shape index (κ3) is 4.65. The molecule has 0 heterocycles. The zero-order chi connectivity index (χ0) is 18.6. The van der Waals surface area contributed by atoms with Gasteiger partial charge in [-0.15, -0.1) is 0 Å². The lowest BCUT2D eigenvalue weighted by Gasteiger charge is -2.18. The molecule has 0 spiro atoms.